The molecule has 0 amide bonds. The Balaban J connectivity index is 1.49. The summed E-state index contributed by atoms with van der Waals surface area (Å²) in [6.45, 7) is 0.466. The largest absolute Gasteiger partial charge is 0.497 e. The highest BCUT2D eigenvalue weighted by Gasteiger charge is 2.10. The number of aromatic amines is 1. The van der Waals surface area contributed by atoms with Gasteiger partial charge < -0.3 is 19.2 Å². The molecule has 1 N–H and O–H groups in total. The van der Waals surface area contributed by atoms with Gasteiger partial charge in [-0.05, 0) is 59.5 Å². The number of nitrogens with zero attached hydrogens (tertiary/aromatic N) is 1. The lowest BCUT2D eigenvalue weighted by atomic mass is 10.0. The first-order chi connectivity index (χ1) is 13.8. The van der Waals surface area contributed by atoms with Gasteiger partial charge >= 0.3 is 0 Å². The highest BCUT2D eigenvalue weighted by molar-refractivity contribution is 5.79. The van der Waals surface area contributed by atoms with Gasteiger partial charge in [-0.2, -0.15) is 0 Å². The third kappa shape index (κ3) is 3.78. The van der Waals surface area contributed by atoms with Gasteiger partial charge in [-0.1, -0.05) is 18.2 Å². The Hall–Kier alpha value is -3.47. The number of benzene rings is 2. The van der Waals surface area contributed by atoms with Gasteiger partial charge in [-0.25, -0.2) is 4.98 Å². The van der Waals surface area contributed by atoms with Crippen molar-refractivity contribution >= 4 is 11.0 Å². The van der Waals surface area contributed by atoms with Crippen LogP contribution in [0.2, 0.25) is 0 Å². The lowest BCUT2D eigenvalue weighted by Gasteiger charge is -2.12. The Morgan fingerprint density at radius 2 is 1.71 bits per heavy atom. The molecule has 5 heteroatoms. The molecule has 0 bridgehead atoms. The molecule has 4 rings (SSSR count). The summed E-state index contributed by atoms with van der Waals surface area (Å²) in [6.07, 6.45) is 4.60. The molecule has 0 aliphatic carbocycles. The van der Waals surface area contributed by atoms with E-state index in [1.54, 1.807) is 20.4 Å². The molecule has 0 aliphatic rings. The first-order valence-corrected chi connectivity index (χ1v) is 9.10. The van der Waals surface area contributed by atoms with Crippen LogP contribution in [0, 0.1) is 0 Å². The molecule has 4 aromatic rings. The van der Waals surface area contributed by atoms with E-state index in [0.29, 0.717) is 6.61 Å². The molecule has 0 radical (unpaired) electrons. The fourth-order valence-electron chi connectivity index (χ4n) is 3.20. The minimum atomic E-state index is 0.466. The SMILES string of the molecule is COc1ccc(COc2ccc(Cc3c[nH]c4ncccc34)cc2OC)cc1. The molecule has 0 aliphatic heterocycles. The molecular formula is C23H22N2O3. The second-order valence-electron chi connectivity index (χ2n) is 6.51. The molecule has 28 heavy (non-hydrogen) atoms. The number of pyridine rings is 1. The second-order valence-corrected chi connectivity index (χ2v) is 6.51. The van der Waals surface area contributed by atoms with Gasteiger partial charge in [-0.3, -0.25) is 0 Å². The monoisotopic (exact) mass is 374 g/mol. The van der Waals surface area contributed by atoms with Crippen molar-refractivity contribution in [2.24, 2.45) is 0 Å². The highest BCUT2D eigenvalue weighted by Crippen LogP contribution is 2.30. The summed E-state index contributed by atoms with van der Waals surface area (Å²) in [4.78, 5) is 7.57. The minimum Gasteiger partial charge on any atom is -0.497 e. The van der Waals surface area contributed by atoms with Crippen LogP contribution >= 0.6 is 0 Å². The van der Waals surface area contributed by atoms with Crippen molar-refractivity contribution in [2.75, 3.05) is 14.2 Å². The van der Waals surface area contributed by atoms with Gasteiger partial charge in [0.15, 0.2) is 11.5 Å². The van der Waals surface area contributed by atoms with E-state index >= 15 is 0 Å². The van der Waals surface area contributed by atoms with Crippen molar-refractivity contribution in [1.82, 2.24) is 9.97 Å². The Bertz CT molecular complexity index is 1070. The first-order valence-electron chi connectivity index (χ1n) is 9.10. The predicted octanol–water partition coefficient (Wildman–Crippen LogP) is 4.75. The number of fused-ring (bicyclic) bond motifs is 1. The fourth-order valence-corrected chi connectivity index (χ4v) is 3.20. The van der Waals surface area contributed by atoms with E-state index < -0.39 is 0 Å². The van der Waals surface area contributed by atoms with E-state index in [1.165, 1.54) is 5.56 Å². The maximum atomic E-state index is 5.97. The lowest BCUT2D eigenvalue weighted by molar-refractivity contribution is 0.284. The molecule has 0 unspecified atom stereocenters. The van der Waals surface area contributed by atoms with Crippen LogP contribution in [-0.4, -0.2) is 24.2 Å². The van der Waals surface area contributed by atoms with E-state index in [-0.39, 0.29) is 0 Å². The second kappa shape index (κ2) is 8.05. The molecule has 2 heterocycles. The molecule has 2 aromatic heterocycles. The summed E-state index contributed by atoms with van der Waals surface area (Å²) in [5.74, 6) is 2.28. The summed E-state index contributed by atoms with van der Waals surface area (Å²) in [7, 11) is 3.32. The summed E-state index contributed by atoms with van der Waals surface area (Å²) in [6, 6.07) is 17.9. The van der Waals surface area contributed by atoms with E-state index in [1.807, 2.05) is 48.7 Å². The van der Waals surface area contributed by atoms with Crippen LogP contribution in [0.3, 0.4) is 0 Å². The molecule has 0 saturated carbocycles. The summed E-state index contributed by atoms with van der Waals surface area (Å²) in [5, 5.41) is 1.14. The molecular weight excluding hydrogens is 352 g/mol. The van der Waals surface area contributed by atoms with E-state index in [2.05, 4.69) is 22.1 Å². The van der Waals surface area contributed by atoms with Gasteiger partial charge in [0.05, 0.1) is 14.2 Å². The molecule has 0 fully saturated rings. The van der Waals surface area contributed by atoms with Gasteiger partial charge in [0, 0.05) is 17.8 Å². The summed E-state index contributed by atoms with van der Waals surface area (Å²) < 4.78 is 16.7. The number of ether oxygens (including phenoxy) is 3. The number of rotatable bonds is 7. The van der Waals surface area contributed by atoms with Crippen LogP contribution in [0.25, 0.3) is 11.0 Å². The average Bonchev–Trinajstić information content (AvgIpc) is 3.16. The van der Waals surface area contributed by atoms with Gasteiger partial charge in [0.25, 0.3) is 0 Å². The highest BCUT2D eigenvalue weighted by atomic mass is 16.5. The summed E-state index contributed by atoms with van der Waals surface area (Å²) >= 11 is 0. The molecule has 5 nitrogen and oxygen atoms in total. The Morgan fingerprint density at radius 3 is 2.50 bits per heavy atom. The smallest absolute Gasteiger partial charge is 0.161 e. The Labute approximate surface area is 163 Å². The number of nitrogens with one attached hydrogen (secondary N) is 1. The van der Waals surface area contributed by atoms with Crippen molar-refractivity contribution in [3.63, 3.8) is 0 Å². The van der Waals surface area contributed by atoms with Crippen LogP contribution in [0.1, 0.15) is 16.7 Å². The number of hydrogen-bond acceptors (Lipinski definition) is 4. The summed E-state index contributed by atoms with van der Waals surface area (Å²) in [5.41, 5.74) is 4.33. The zero-order valence-electron chi connectivity index (χ0n) is 15.9. The van der Waals surface area contributed by atoms with Crippen LogP contribution in [-0.2, 0) is 13.0 Å². The van der Waals surface area contributed by atoms with Crippen molar-refractivity contribution in [3.8, 4) is 17.2 Å². The molecule has 0 spiro atoms. The zero-order chi connectivity index (χ0) is 19.3. The van der Waals surface area contributed by atoms with Crippen molar-refractivity contribution in [2.45, 2.75) is 13.0 Å². The van der Waals surface area contributed by atoms with Crippen molar-refractivity contribution < 1.29 is 14.2 Å². The average molecular weight is 374 g/mol. The fraction of sp³-hybridized carbons (Fsp3) is 0.174. The number of aromatic nitrogens is 2. The number of methoxy groups -OCH3 is 2. The van der Waals surface area contributed by atoms with Gasteiger partial charge in [0.2, 0.25) is 0 Å². The normalized spacial score (nSPS) is 10.8. The third-order valence-electron chi connectivity index (χ3n) is 4.71. The molecule has 142 valence electrons. The minimum absolute atomic E-state index is 0.466. The molecule has 2 aromatic carbocycles. The van der Waals surface area contributed by atoms with E-state index in [9.17, 15) is 0 Å². The van der Waals surface area contributed by atoms with Crippen molar-refractivity contribution in [3.05, 3.63) is 83.7 Å². The van der Waals surface area contributed by atoms with E-state index in [0.717, 1.165) is 45.8 Å². The standard InChI is InChI=1S/C23H22N2O3/c1-26-19-8-5-16(6-9-19)15-28-21-10-7-17(13-22(21)27-2)12-18-14-25-23-20(18)4-3-11-24-23/h3-11,13-14H,12,15H2,1-2H3,(H,24,25). The van der Waals surface area contributed by atoms with E-state index in [4.69, 9.17) is 14.2 Å². The first kappa shape index (κ1) is 17.9. The quantitative estimate of drug-likeness (QED) is 0.507. The number of hydrogen-bond donors (Lipinski definition) is 1. The molecule has 0 atom stereocenters. The van der Waals surface area contributed by atoms with Crippen LogP contribution in [0.15, 0.2) is 67.0 Å². The number of H-pyrrole nitrogens is 1. The Kier molecular flexibility index (Phi) is 5.15. The maximum absolute atomic E-state index is 5.97. The Morgan fingerprint density at radius 1 is 0.893 bits per heavy atom. The molecule has 0 saturated heterocycles. The maximum Gasteiger partial charge on any atom is 0.161 e. The third-order valence-corrected chi connectivity index (χ3v) is 4.71. The lowest BCUT2D eigenvalue weighted by Crippen LogP contribution is -1.99. The zero-order valence-corrected chi connectivity index (χ0v) is 15.9. The van der Waals surface area contributed by atoms with Crippen LogP contribution in [0.4, 0.5) is 0 Å². The van der Waals surface area contributed by atoms with Crippen molar-refractivity contribution in [1.29, 1.82) is 0 Å². The topological polar surface area (TPSA) is 56.4 Å². The van der Waals surface area contributed by atoms with Gasteiger partial charge in [-0.15, -0.1) is 0 Å². The van der Waals surface area contributed by atoms with Crippen LogP contribution in [0.5, 0.6) is 17.2 Å². The predicted molar refractivity (Wildman–Crippen MR) is 109 cm³/mol. The van der Waals surface area contributed by atoms with Gasteiger partial charge in [0.1, 0.15) is 18.0 Å². The van der Waals surface area contributed by atoms with Crippen LogP contribution < -0.4 is 14.2 Å².